The van der Waals surface area contributed by atoms with Crippen LogP contribution in [-0.2, 0) is 15.0 Å². The number of hydrogen-bond donors (Lipinski definition) is 1. The summed E-state index contributed by atoms with van der Waals surface area (Å²) in [5.74, 6) is -0.292. The maximum atomic E-state index is 13.4. The maximum Gasteiger partial charge on any atom is 0.322 e. The van der Waals surface area contributed by atoms with Crippen molar-refractivity contribution in [2.75, 3.05) is 18.4 Å². The zero-order valence-electron chi connectivity index (χ0n) is 18.8. The van der Waals surface area contributed by atoms with E-state index in [1.54, 1.807) is 60.4 Å². The molecule has 2 amide bonds. The predicted molar refractivity (Wildman–Crippen MR) is 131 cm³/mol. The van der Waals surface area contributed by atoms with Crippen molar-refractivity contribution >= 4 is 35.1 Å². The number of halogens is 1. The summed E-state index contributed by atoms with van der Waals surface area (Å²) in [5, 5.41) is 3.16. The number of benzene rings is 3. The summed E-state index contributed by atoms with van der Waals surface area (Å²) in [4.78, 5) is 39.5. The van der Waals surface area contributed by atoms with Gasteiger partial charge in [-0.05, 0) is 54.8 Å². The van der Waals surface area contributed by atoms with Crippen LogP contribution in [0, 0.1) is 0 Å². The van der Waals surface area contributed by atoms with E-state index in [4.69, 9.17) is 16.3 Å². The van der Waals surface area contributed by atoms with Gasteiger partial charge in [-0.1, -0.05) is 54.1 Å². The van der Waals surface area contributed by atoms with Gasteiger partial charge in [-0.2, -0.15) is 0 Å². The van der Waals surface area contributed by atoms with Gasteiger partial charge in [0.1, 0.15) is 5.75 Å². The van der Waals surface area contributed by atoms with E-state index in [0.29, 0.717) is 48.0 Å². The van der Waals surface area contributed by atoms with Crippen LogP contribution in [0.1, 0.15) is 35.7 Å². The minimum absolute atomic E-state index is 0.00413. The van der Waals surface area contributed by atoms with Gasteiger partial charge in [0.15, 0.2) is 0 Å². The Kier molecular flexibility index (Phi) is 6.98. The van der Waals surface area contributed by atoms with Gasteiger partial charge in [0.05, 0.1) is 16.0 Å². The van der Waals surface area contributed by atoms with Gasteiger partial charge < -0.3 is 15.0 Å². The van der Waals surface area contributed by atoms with Crippen molar-refractivity contribution in [3.05, 3.63) is 95.0 Å². The largest absolute Gasteiger partial charge is 0.426 e. The molecular weight excluding hydrogens is 452 g/mol. The molecule has 4 rings (SSSR count). The molecule has 1 aliphatic heterocycles. The van der Waals surface area contributed by atoms with E-state index < -0.39 is 5.41 Å². The standard InChI is InChI=1S/C27H25ClN2O4/c1-19(31)30-17-15-27(16-18-30,20-7-3-2-4-8-20)26(33)34-22-13-11-21(12-14-22)29-25(32)23-9-5-6-10-24(23)28/h2-14H,15-18H2,1H3,(H,29,32). The topological polar surface area (TPSA) is 75.7 Å². The lowest BCUT2D eigenvalue weighted by atomic mass is 9.72. The van der Waals surface area contributed by atoms with Crippen molar-refractivity contribution in [3.8, 4) is 5.75 Å². The summed E-state index contributed by atoms with van der Waals surface area (Å²) in [6.45, 7) is 2.53. The number of nitrogens with zero attached hydrogens (tertiary/aromatic N) is 1. The SMILES string of the molecule is CC(=O)N1CCC(C(=O)Oc2ccc(NC(=O)c3ccccc3Cl)cc2)(c2ccccc2)CC1. The van der Waals surface area contributed by atoms with Crippen molar-refractivity contribution in [1.29, 1.82) is 0 Å². The fourth-order valence-corrected chi connectivity index (χ4v) is 4.45. The summed E-state index contributed by atoms with van der Waals surface area (Å²) >= 11 is 6.09. The van der Waals surface area contributed by atoms with Crippen LogP contribution < -0.4 is 10.1 Å². The third-order valence-corrected chi connectivity index (χ3v) is 6.55. The lowest BCUT2D eigenvalue weighted by molar-refractivity contribution is -0.145. The lowest BCUT2D eigenvalue weighted by Gasteiger charge is -2.40. The molecule has 1 heterocycles. The van der Waals surface area contributed by atoms with Gasteiger partial charge in [-0.25, -0.2) is 0 Å². The van der Waals surface area contributed by atoms with Crippen LogP contribution in [0.2, 0.25) is 5.02 Å². The smallest absolute Gasteiger partial charge is 0.322 e. The van der Waals surface area contributed by atoms with Crippen LogP contribution in [0.25, 0.3) is 0 Å². The molecule has 1 saturated heterocycles. The molecule has 1 N–H and O–H groups in total. The fraction of sp³-hybridized carbons (Fsp3) is 0.222. The monoisotopic (exact) mass is 476 g/mol. The predicted octanol–water partition coefficient (Wildman–Crippen LogP) is 5.08. The summed E-state index contributed by atoms with van der Waals surface area (Å²) in [7, 11) is 0. The molecule has 1 aliphatic rings. The Morgan fingerprint density at radius 3 is 2.12 bits per heavy atom. The molecule has 0 saturated carbocycles. The highest BCUT2D eigenvalue weighted by atomic mass is 35.5. The Balaban J connectivity index is 1.48. The molecule has 0 atom stereocenters. The Hall–Kier alpha value is -3.64. The number of hydrogen-bond acceptors (Lipinski definition) is 4. The number of carbonyl (C=O) groups is 3. The molecule has 34 heavy (non-hydrogen) atoms. The van der Waals surface area contributed by atoms with Crippen LogP contribution in [0.5, 0.6) is 5.75 Å². The highest BCUT2D eigenvalue weighted by molar-refractivity contribution is 6.34. The van der Waals surface area contributed by atoms with E-state index in [0.717, 1.165) is 5.56 Å². The third kappa shape index (κ3) is 4.97. The first-order valence-corrected chi connectivity index (χ1v) is 11.5. The number of piperidine rings is 1. The van der Waals surface area contributed by atoms with Gasteiger partial charge in [0, 0.05) is 25.7 Å². The molecule has 174 valence electrons. The Morgan fingerprint density at radius 1 is 0.882 bits per heavy atom. The normalized spacial score (nSPS) is 14.8. The molecule has 0 bridgehead atoms. The number of nitrogens with one attached hydrogen (secondary N) is 1. The Morgan fingerprint density at radius 2 is 1.50 bits per heavy atom. The average molecular weight is 477 g/mol. The van der Waals surface area contributed by atoms with Gasteiger partial charge in [0.2, 0.25) is 5.91 Å². The van der Waals surface area contributed by atoms with E-state index in [-0.39, 0.29) is 17.8 Å². The highest BCUT2D eigenvalue weighted by Crippen LogP contribution is 2.37. The first kappa shape index (κ1) is 23.5. The highest BCUT2D eigenvalue weighted by Gasteiger charge is 2.45. The molecular formula is C27H25ClN2O4. The Labute approximate surface area is 203 Å². The van der Waals surface area contributed by atoms with Crippen molar-refractivity contribution in [2.24, 2.45) is 0 Å². The first-order valence-electron chi connectivity index (χ1n) is 11.1. The molecule has 0 unspecified atom stereocenters. The molecule has 6 nitrogen and oxygen atoms in total. The molecule has 3 aromatic rings. The minimum atomic E-state index is -0.829. The van der Waals surface area contributed by atoms with E-state index >= 15 is 0 Å². The molecule has 0 spiro atoms. The average Bonchev–Trinajstić information content (AvgIpc) is 2.86. The summed E-state index contributed by atoms with van der Waals surface area (Å²) in [6.07, 6.45) is 0.975. The number of anilines is 1. The number of likely N-dealkylation sites (tertiary alicyclic amines) is 1. The van der Waals surface area contributed by atoms with Crippen molar-refractivity contribution < 1.29 is 19.1 Å². The zero-order valence-corrected chi connectivity index (χ0v) is 19.5. The van der Waals surface area contributed by atoms with E-state index in [2.05, 4.69) is 5.32 Å². The second-order valence-electron chi connectivity index (χ2n) is 8.30. The Bertz CT molecular complexity index is 1190. The third-order valence-electron chi connectivity index (χ3n) is 6.22. The van der Waals surface area contributed by atoms with Crippen molar-refractivity contribution in [1.82, 2.24) is 4.90 Å². The van der Waals surface area contributed by atoms with Crippen molar-refractivity contribution in [3.63, 3.8) is 0 Å². The van der Waals surface area contributed by atoms with Crippen molar-refractivity contribution in [2.45, 2.75) is 25.2 Å². The van der Waals surface area contributed by atoms with Gasteiger partial charge in [-0.3, -0.25) is 14.4 Å². The van der Waals surface area contributed by atoms with E-state index in [1.807, 2.05) is 30.3 Å². The number of carbonyl (C=O) groups excluding carboxylic acids is 3. The second kappa shape index (κ2) is 10.1. The van der Waals surface area contributed by atoms with Crippen LogP contribution >= 0.6 is 11.6 Å². The molecule has 1 fully saturated rings. The maximum absolute atomic E-state index is 13.4. The molecule has 0 aliphatic carbocycles. The summed E-state index contributed by atoms with van der Waals surface area (Å²) in [5.41, 5.74) is 0.981. The number of ether oxygens (including phenoxy) is 1. The zero-order chi connectivity index (χ0) is 24.1. The number of rotatable bonds is 5. The molecule has 3 aromatic carbocycles. The van der Waals surface area contributed by atoms with Gasteiger partial charge >= 0.3 is 5.97 Å². The second-order valence-corrected chi connectivity index (χ2v) is 8.71. The quantitative estimate of drug-likeness (QED) is 0.411. The van der Waals surface area contributed by atoms with Crippen LogP contribution in [-0.4, -0.2) is 35.8 Å². The van der Waals surface area contributed by atoms with Gasteiger partial charge in [0.25, 0.3) is 5.91 Å². The lowest BCUT2D eigenvalue weighted by Crippen LogP contribution is -2.50. The molecule has 7 heteroatoms. The first-order chi connectivity index (χ1) is 16.4. The molecule has 0 aromatic heterocycles. The van der Waals surface area contributed by atoms with Crippen LogP contribution in [0.4, 0.5) is 5.69 Å². The number of amides is 2. The van der Waals surface area contributed by atoms with Crippen LogP contribution in [0.15, 0.2) is 78.9 Å². The summed E-state index contributed by atoms with van der Waals surface area (Å²) < 4.78 is 5.79. The molecule has 0 radical (unpaired) electrons. The van der Waals surface area contributed by atoms with Gasteiger partial charge in [-0.15, -0.1) is 0 Å². The fourth-order valence-electron chi connectivity index (χ4n) is 4.23. The summed E-state index contributed by atoms with van der Waals surface area (Å²) in [6, 6.07) is 23.0. The van der Waals surface area contributed by atoms with E-state index in [9.17, 15) is 14.4 Å². The number of esters is 1. The van der Waals surface area contributed by atoms with Crippen LogP contribution in [0.3, 0.4) is 0 Å². The minimum Gasteiger partial charge on any atom is -0.426 e. The van der Waals surface area contributed by atoms with E-state index in [1.165, 1.54) is 0 Å².